The second-order valence-electron chi connectivity index (χ2n) is 4.51. The Morgan fingerprint density at radius 1 is 1.10 bits per heavy atom. The molecule has 0 saturated carbocycles. The molecule has 0 aromatic heterocycles. The van der Waals surface area contributed by atoms with Crippen LogP contribution in [0.3, 0.4) is 0 Å². The van der Waals surface area contributed by atoms with Crippen molar-refractivity contribution in [1.82, 2.24) is 0 Å². The molecule has 0 amide bonds. The maximum Gasteiger partial charge on any atom is 0.126 e. The minimum absolute atomic E-state index is 0.314. The van der Waals surface area contributed by atoms with E-state index in [1.165, 1.54) is 12.1 Å². The van der Waals surface area contributed by atoms with Crippen LogP contribution in [0.15, 0.2) is 48.5 Å². The highest BCUT2D eigenvalue weighted by Crippen LogP contribution is 2.20. The van der Waals surface area contributed by atoms with Gasteiger partial charge in [-0.3, -0.25) is 0 Å². The fourth-order valence-corrected chi connectivity index (χ4v) is 1.95. The van der Waals surface area contributed by atoms with Gasteiger partial charge in [0.05, 0.1) is 30.2 Å². The molecule has 0 spiro atoms. The standard InChI is InChI=1S/C17H13FN2O/c18-16-2-1-3-17(10-16)21-9-8-15(12-20)14-6-4-13(11-19)5-7-14/h1-7,10,15H,8-9H2. The number of ether oxygens (including phenoxy) is 1. The van der Waals surface area contributed by atoms with Gasteiger partial charge in [0.15, 0.2) is 0 Å². The molecule has 104 valence electrons. The van der Waals surface area contributed by atoms with Gasteiger partial charge < -0.3 is 4.74 Å². The number of hydrogen-bond acceptors (Lipinski definition) is 3. The van der Waals surface area contributed by atoms with E-state index in [-0.39, 0.29) is 11.7 Å². The Morgan fingerprint density at radius 2 is 1.86 bits per heavy atom. The first-order valence-corrected chi connectivity index (χ1v) is 6.51. The van der Waals surface area contributed by atoms with Crippen LogP contribution in [0.2, 0.25) is 0 Å². The van der Waals surface area contributed by atoms with Crippen LogP contribution in [0.4, 0.5) is 4.39 Å². The van der Waals surface area contributed by atoms with Crippen molar-refractivity contribution in [3.05, 3.63) is 65.5 Å². The molecule has 0 radical (unpaired) electrons. The third kappa shape index (κ3) is 4.06. The van der Waals surface area contributed by atoms with Crippen LogP contribution in [0.25, 0.3) is 0 Å². The Labute approximate surface area is 122 Å². The highest BCUT2D eigenvalue weighted by Gasteiger charge is 2.11. The Bertz CT molecular complexity index is 683. The van der Waals surface area contributed by atoms with E-state index in [9.17, 15) is 9.65 Å². The van der Waals surface area contributed by atoms with Gasteiger partial charge in [-0.05, 0) is 29.8 Å². The predicted molar refractivity (Wildman–Crippen MR) is 76.0 cm³/mol. The summed E-state index contributed by atoms with van der Waals surface area (Å²) in [5.41, 5.74) is 1.41. The first kappa shape index (κ1) is 14.6. The van der Waals surface area contributed by atoms with Gasteiger partial charge in [-0.15, -0.1) is 0 Å². The van der Waals surface area contributed by atoms with E-state index in [1.54, 1.807) is 36.4 Å². The summed E-state index contributed by atoms with van der Waals surface area (Å²) in [5.74, 6) is -0.214. The van der Waals surface area contributed by atoms with Gasteiger partial charge in [0, 0.05) is 12.5 Å². The molecular weight excluding hydrogens is 267 g/mol. The predicted octanol–water partition coefficient (Wildman–Crippen LogP) is 3.77. The smallest absolute Gasteiger partial charge is 0.126 e. The fraction of sp³-hybridized carbons (Fsp3) is 0.176. The zero-order chi connectivity index (χ0) is 15.1. The molecular formula is C17H13FN2O. The third-order valence-corrected chi connectivity index (χ3v) is 3.07. The van der Waals surface area contributed by atoms with Crippen LogP contribution < -0.4 is 4.74 Å². The molecule has 2 rings (SSSR count). The lowest BCUT2D eigenvalue weighted by molar-refractivity contribution is 0.304. The van der Waals surface area contributed by atoms with Crippen LogP contribution >= 0.6 is 0 Å². The van der Waals surface area contributed by atoms with Crippen LogP contribution in [0.5, 0.6) is 5.75 Å². The summed E-state index contributed by atoms with van der Waals surface area (Å²) in [7, 11) is 0. The van der Waals surface area contributed by atoms with E-state index in [0.717, 1.165) is 5.56 Å². The number of benzene rings is 2. The summed E-state index contributed by atoms with van der Waals surface area (Å²) in [6, 6.07) is 17.1. The van der Waals surface area contributed by atoms with E-state index in [1.807, 2.05) is 6.07 Å². The van der Waals surface area contributed by atoms with Gasteiger partial charge in [-0.2, -0.15) is 10.5 Å². The molecule has 4 heteroatoms. The Hall–Kier alpha value is -2.85. The molecule has 0 fully saturated rings. The van der Waals surface area contributed by atoms with Crippen LogP contribution in [0.1, 0.15) is 23.5 Å². The molecule has 1 unspecified atom stereocenters. The molecule has 0 heterocycles. The molecule has 2 aromatic carbocycles. The topological polar surface area (TPSA) is 56.8 Å². The molecule has 3 nitrogen and oxygen atoms in total. The van der Waals surface area contributed by atoms with Crippen molar-refractivity contribution in [1.29, 1.82) is 10.5 Å². The number of nitriles is 2. The lowest BCUT2D eigenvalue weighted by atomic mass is 9.97. The second kappa shape index (κ2) is 7.07. The SMILES string of the molecule is N#Cc1ccc(C(C#N)CCOc2cccc(F)c2)cc1. The van der Waals surface area contributed by atoms with Crippen LogP contribution in [0, 0.1) is 28.5 Å². The van der Waals surface area contributed by atoms with E-state index in [0.29, 0.717) is 24.3 Å². The average molecular weight is 280 g/mol. The molecule has 1 atom stereocenters. The molecule has 0 aliphatic heterocycles. The molecule has 0 aliphatic carbocycles. The van der Waals surface area contributed by atoms with Gasteiger partial charge in [0.1, 0.15) is 11.6 Å². The molecule has 0 saturated heterocycles. The first-order chi connectivity index (χ1) is 10.2. The molecule has 0 bridgehead atoms. The zero-order valence-corrected chi connectivity index (χ0v) is 11.3. The highest BCUT2D eigenvalue weighted by atomic mass is 19.1. The van der Waals surface area contributed by atoms with Crippen LogP contribution in [-0.4, -0.2) is 6.61 Å². The number of rotatable bonds is 5. The van der Waals surface area contributed by atoms with E-state index < -0.39 is 0 Å². The van der Waals surface area contributed by atoms with E-state index in [4.69, 9.17) is 10.00 Å². The van der Waals surface area contributed by atoms with Crippen molar-refractivity contribution in [3.8, 4) is 17.9 Å². The Balaban J connectivity index is 1.94. The second-order valence-corrected chi connectivity index (χ2v) is 4.51. The number of nitrogens with zero attached hydrogens (tertiary/aromatic N) is 2. The van der Waals surface area contributed by atoms with Gasteiger partial charge >= 0.3 is 0 Å². The van der Waals surface area contributed by atoms with Crippen molar-refractivity contribution in [3.63, 3.8) is 0 Å². The van der Waals surface area contributed by atoms with Gasteiger partial charge in [-0.25, -0.2) is 4.39 Å². The normalized spacial score (nSPS) is 11.2. The molecule has 2 aromatic rings. The summed E-state index contributed by atoms with van der Waals surface area (Å²) in [6.07, 6.45) is 0.499. The van der Waals surface area contributed by atoms with Crippen molar-refractivity contribution in [2.75, 3.05) is 6.61 Å². The highest BCUT2D eigenvalue weighted by molar-refractivity contribution is 5.34. The lowest BCUT2D eigenvalue weighted by Crippen LogP contribution is -2.04. The Kier molecular flexibility index (Phi) is 4.90. The quantitative estimate of drug-likeness (QED) is 0.837. The third-order valence-electron chi connectivity index (χ3n) is 3.07. The van der Waals surface area contributed by atoms with Gasteiger partial charge in [0.25, 0.3) is 0 Å². The minimum Gasteiger partial charge on any atom is -0.493 e. The monoisotopic (exact) mass is 280 g/mol. The number of halogens is 1. The van der Waals surface area contributed by atoms with Gasteiger partial charge in [-0.1, -0.05) is 18.2 Å². The fourth-order valence-electron chi connectivity index (χ4n) is 1.95. The first-order valence-electron chi connectivity index (χ1n) is 6.51. The summed E-state index contributed by atoms with van der Waals surface area (Å²) >= 11 is 0. The molecule has 0 aliphatic rings. The van der Waals surface area contributed by atoms with Crippen molar-refractivity contribution >= 4 is 0 Å². The summed E-state index contributed by atoms with van der Waals surface area (Å²) in [5, 5.41) is 18.0. The zero-order valence-electron chi connectivity index (χ0n) is 11.3. The number of hydrogen-bond donors (Lipinski definition) is 0. The minimum atomic E-state index is -0.351. The maximum absolute atomic E-state index is 13.0. The van der Waals surface area contributed by atoms with E-state index >= 15 is 0 Å². The lowest BCUT2D eigenvalue weighted by Gasteiger charge is -2.11. The van der Waals surface area contributed by atoms with Crippen molar-refractivity contribution < 1.29 is 9.13 Å². The van der Waals surface area contributed by atoms with Crippen molar-refractivity contribution in [2.24, 2.45) is 0 Å². The largest absolute Gasteiger partial charge is 0.493 e. The summed E-state index contributed by atoms with van der Waals surface area (Å²) < 4.78 is 18.4. The molecule has 21 heavy (non-hydrogen) atoms. The van der Waals surface area contributed by atoms with Crippen molar-refractivity contribution in [2.45, 2.75) is 12.3 Å². The van der Waals surface area contributed by atoms with Crippen LogP contribution in [-0.2, 0) is 0 Å². The maximum atomic E-state index is 13.0. The van der Waals surface area contributed by atoms with E-state index in [2.05, 4.69) is 6.07 Å². The molecule has 0 N–H and O–H groups in total. The van der Waals surface area contributed by atoms with Gasteiger partial charge in [0.2, 0.25) is 0 Å². The summed E-state index contributed by atoms with van der Waals surface area (Å²) in [6.45, 7) is 0.321. The Morgan fingerprint density at radius 3 is 2.48 bits per heavy atom. The average Bonchev–Trinajstić information content (AvgIpc) is 2.52. The summed E-state index contributed by atoms with van der Waals surface area (Å²) in [4.78, 5) is 0.